The SMILES string of the molecule is NC(=O)OCCOCCc1ccc(F)c(Cl)c1. The number of halogens is 2. The molecule has 4 nitrogen and oxygen atoms in total. The Bertz CT molecular complexity index is 387. The second kappa shape index (κ2) is 7.09. The molecule has 0 saturated heterocycles. The molecule has 1 amide bonds. The first-order valence-electron chi connectivity index (χ1n) is 5.03. The maximum atomic E-state index is 12.8. The molecule has 0 bridgehead atoms. The van der Waals surface area contributed by atoms with E-state index in [1.165, 1.54) is 6.07 Å². The fraction of sp³-hybridized carbons (Fsp3) is 0.364. The summed E-state index contributed by atoms with van der Waals surface area (Å²) in [5.74, 6) is -0.439. The molecule has 0 aliphatic heterocycles. The van der Waals surface area contributed by atoms with Gasteiger partial charge in [-0.2, -0.15) is 0 Å². The van der Waals surface area contributed by atoms with Gasteiger partial charge >= 0.3 is 6.09 Å². The third-order valence-corrected chi connectivity index (χ3v) is 2.28. The predicted molar refractivity (Wildman–Crippen MR) is 61.5 cm³/mol. The van der Waals surface area contributed by atoms with Crippen LogP contribution in [0.4, 0.5) is 9.18 Å². The summed E-state index contributed by atoms with van der Waals surface area (Å²) in [7, 11) is 0. The van der Waals surface area contributed by atoms with E-state index in [0.717, 1.165) is 5.56 Å². The normalized spacial score (nSPS) is 10.2. The lowest BCUT2D eigenvalue weighted by Crippen LogP contribution is -2.16. The van der Waals surface area contributed by atoms with Crippen LogP contribution in [-0.4, -0.2) is 25.9 Å². The first-order chi connectivity index (χ1) is 8.09. The van der Waals surface area contributed by atoms with Gasteiger partial charge in [0, 0.05) is 0 Å². The first-order valence-corrected chi connectivity index (χ1v) is 5.41. The van der Waals surface area contributed by atoms with Crippen molar-refractivity contribution < 1.29 is 18.7 Å². The van der Waals surface area contributed by atoms with Gasteiger partial charge in [-0.25, -0.2) is 9.18 Å². The molecule has 6 heteroatoms. The zero-order chi connectivity index (χ0) is 12.7. The Kier molecular flexibility index (Phi) is 5.72. The molecule has 1 aromatic rings. The minimum absolute atomic E-state index is 0.0968. The number of nitrogens with two attached hydrogens (primary N) is 1. The minimum atomic E-state index is -0.820. The number of primary amides is 1. The maximum absolute atomic E-state index is 12.8. The molecule has 17 heavy (non-hydrogen) atoms. The van der Waals surface area contributed by atoms with Crippen LogP contribution in [0.1, 0.15) is 5.56 Å². The highest BCUT2D eigenvalue weighted by atomic mass is 35.5. The number of rotatable bonds is 6. The average Bonchev–Trinajstić information content (AvgIpc) is 2.27. The molecule has 94 valence electrons. The van der Waals surface area contributed by atoms with E-state index in [0.29, 0.717) is 13.0 Å². The number of carbonyl (C=O) groups excluding carboxylic acids is 1. The molecule has 0 saturated carbocycles. The Hall–Kier alpha value is -1.33. The molecule has 0 atom stereocenters. The van der Waals surface area contributed by atoms with Gasteiger partial charge in [-0.15, -0.1) is 0 Å². The Morgan fingerprint density at radius 3 is 2.76 bits per heavy atom. The van der Waals surface area contributed by atoms with E-state index in [1.807, 2.05) is 0 Å². The van der Waals surface area contributed by atoms with Crippen LogP contribution in [-0.2, 0) is 15.9 Å². The highest BCUT2D eigenvalue weighted by molar-refractivity contribution is 6.30. The molecule has 1 aromatic carbocycles. The van der Waals surface area contributed by atoms with Crippen molar-refractivity contribution in [1.29, 1.82) is 0 Å². The molecule has 0 aliphatic rings. The zero-order valence-corrected chi connectivity index (χ0v) is 9.87. The summed E-state index contributed by atoms with van der Waals surface area (Å²) in [5, 5.41) is 0.0968. The summed E-state index contributed by atoms with van der Waals surface area (Å²) < 4.78 is 22.5. The Morgan fingerprint density at radius 2 is 2.12 bits per heavy atom. The fourth-order valence-corrected chi connectivity index (χ4v) is 1.39. The van der Waals surface area contributed by atoms with E-state index in [-0.39, 0.29) is 18.2 Å². The highest BCUT2D eigenvalue weighted by Crippen LogP contribution is 2.16. The van der Waals surface area contributed by atoms with Crippen molar-refractivity contribution in [3.63, 3.8) is 0 Å². The van der Waals surface area contributed by atoms with Crippen molar-refractivity contribution in [2.24, 2.45) is 5.73 Å². The molecule has 0 aliphatic carbocycles. The lowest BCUT2D eigenvalue weighted by Gasteiger charge is -2.05. The molecule has 1 rings (SSSR count). The number of hydrogen-bond donors (Lipinski definition) is 1. The summed E-state index contributed by atoms with van der Waals surface area (Å²) in [4.78, 5) is 10.2. The van der Waals surface area contributed by atoms with Gasteiger partial charge in [0.1, 0.15) is 12.4 Å². The van der Waals surface area contributed by atoms with Crippen LogP contribution in [0.25, 0.3) is 0 Å². The zero-order valence-electron chi connectivity index (χ0n) is 9.12. The summed E-state index contributed by atoms with van der Waals surface area (Å²) in [6.45, 7) is 0.835. The number of hydrogen-bond acceptors (Lipinski definition) is 3. The van der Waals surface area contributed by atoms with Gasteiger partial charge in [0.05, 0.1) is 18.2 Å². The number of carbonyl (C=O) groups is 1. The Balaban J connectivity index is 2.18. The second-order valence-electron chi connectivity index (χ2n) is 3.28. The number of ether oxygens (including phenoxy) is 2. The van der Waals surface area contributed by atoms with E-state index in [1.54, 1.807) is 12.1 Å². The summed E-state index contributed by atoms with van der Waals surface area (Å²) in [5.41, 5.74) is 5.64. The standard InChI is InChI=1S/C11H13ClFNO3/c12-9-7-8(1-2-10(9)13)3-4-16-5-6-17-11(14)15/h1-2,7H,3-6H2,(H2,14,15). The van der Waals surface area contributed by atoms with Crippen LogP contribution in [0.5, 0.6) is 0 Å². The molecule has 0 spiro atoms. The monoisotopic (exact) mass is 261 g/mol. The average molecular weight is 262 g/mol. The Morgan fingerprint density at radius 1 is 1.35 bits per heavy atom. The van der Waals surface area contributed by atoms with Crippen molar-refractivity contribution in [1.82, 2.24) is 0 Å². The number of benzene rings is 1. The molecular weight excluding hydrogens is 249 g/mol. The molecule has 0 heterocycles. The van der Waals surface area contributed by atoms with Gasteiger partial charge in [-0.05, 0) is 24.1 Å². The summed E-state index contributed by atoms with van der Waals surface area (Å²) in [6, 6.07) is 4.51. The van der Waals surface area contributed by atoms with Gasteiger partial charge in [-0.1, -0.05) is 17.7 Å². The van der Waals surface area contributed by atoms with Crippen LogP contribution < -0.4 is 5.73 Å². The van der Waals surface area contributed by atoms with Crippen LogP contribution in [0, 0.1) is 5.82 Å². The van der Waals surface area contributed by atoms with Gasteiger partial charge in [0.15, 0.2) is 0 Å². The van der Waals surface area contributed by atoms with Crippen LogP contribution in [0.3, 0.4) is 0 Å². The number of amides is 1. The van der Waals surface area contributed by atoms with Gasteiger partial charge in [0.2, 0.25) is 0 Å². The third kappa shape index (κ3) is 5.51. The quantitative estimate of drug-likeness (QED) is 0.798. The minimum Gasteiger partial charge on any atom is -0.447 e. The van der Waals surface area contributed by atoms with Gasteiger partial charge in [0.25, 0.3) is 0 Å². The lowest BCUT2D eigenvalue weighted by atomic mass is 10.1. The molecule has 2 N–H and O–H groups in total. The summed E-state index contributed by atoms with van der Waals surface area (Å²) >= 11 is 5.62. The van der Waals surface area contributed by atoms with Gasteiger partial charge < -0.3 is 15.2 Å². The van der Waals surface area contributed by atoms with Crippen molar-refractivity contribution in [2.75, 3.05) is 19.8 Å². The highest BCUT2D eigenvalue weighted by Gasteiger charge is 2.01. The van der Waals surface area contributed by atoms with E-state index in [9.17, 15) is 9.18 Å². The molecule has 0 aromatic heterocycles. The molecule has 0 fully saturated rings. The largest absolute Gasteiger partial charge is 0.447 e. The predicted octanol–water partition coefficient (Wildman–Crippen LogP) is 2.13. The topological polar surface area (TPSA) is 61.6 Å². The van der Waals surface area contributed by atoms with Crippen molar-refractivity contribution in [2.45, 2.75) is 6.42 Å². The van der Waals surface area contributed by atoms with Crippen molar-refractivity contribution >= 4 is 17.7 Å². The maximum Gasteiger partial charge on any atom is 0.404 e. The smallest absolute Gasteiger partial charge is 0.404 e. The molecular formula is C11H13ClFNO3. The van der Waals surface area contributed by atoms with Crippen LogP contribution >= 0.6 is 11.6 Å². The second-order valence-corrected chi connectivity index (χ2v) is 3.69. The van der Waals surface area contributed by atoms with Crippen LogP contribution in [0.15, 0.2) is 18.2 Å². The van der Waals surface area contributed by atoms with Crippen molar-refractivity contribution in [3.8, 4) is 0 Å². The molecule has 0 unspecified atom stereocenters. The summed E-state index contributed by atoms with van der Waals surface area (Å²) in [6.07, 6.45) is -0.213. The first kappa shape index (κ1) is 13.7. The van der Waals surface area contributed by atoms with E-state index in [2.05, 4.69) is 4.74 Å². The van der Waals surface area contributed by atoms with Crippen molar-refractivity contribution in [3.05, 3.63) is 34.6 Å². The Labute approximate surface area is 103 Å². The van der Waals surface area contributed by atoms with Gasteiger partial charge in [-0.3, -0.25) is 0 Å². The van der Waals surface area contributed by atoms with E-state index < -0.39 is 11.9 Å². The lowest BCUT2D eigenvalue weighted by molar-refractivity contribution is 0.0780. The molecule has 0 radical (unpaired) electrons. The third-order valence-electron chi connectivity index (χ3n) is 1.99. The van der Waals surface area contributed by atoms with E-state index >= 15 is 0 Å². The van der Waals surface area contributed by atoms with E-state index in [4.69, 9.17) is 22.1 Å². The van der Waals surface area contributed by atoms with Crippen LogP contribution in [0.2, 0.25) is 5.02 Å². The fourth-order valence-electron chi connectivity index (χ4n) is 1.19.